The molecule has 0 fully saturated rings. The maximum absolute atomic E-state index is 12.9. The maximum Gasteiger partial charge on any atom is 0.266 e. The first-order valence-electron chi connectivity index (χ1n) is 7.01. The summed E-state index contributed by atoms with van der Waals surface area (Å²) in [6.45, 7) is 5.89. The highest BCUT2D eigenvalue weighted by atomic mass is 32.2. The fourth-order valence-electron chi connectivity index (χ4n) is 2.20. The number of nitrogens with zero attached hydrogens (tertiary/aromatic N) is 2. The molecule has 0 bridgehead atoms. The lowest BCUT2D eigenvalue weighted by Crippen LogP contribution is -2.21. The summed E-state index contributed by atoms with van der Waals surface area (Å²) < 4.78 is 1.68. The number of rotatable bonds is 4. The van der Waals surface area contributed by atoms with E-state index in [-0.39, 0.29) is 5.56 Å². The van der Waals surface area contributed by atoms with Crippen molar-refractivity contribution in [1.82, 2.24) is 9.55 Å². The Kier molecular flexibility index (Phi) is 4.11. The Labute approximate surface area is 133 Å². The van der Waals surface area contributed by atoms with Crippen LogP contribution in [0.1, 0.15) is 6.92 Å². The van der Waals surface area contributed by atoms with Gasteiger partial charge in [0.05, 0.1) is 16.6 Å². The van der Waals surface area contributed by atoms with Gasteiger partial charge in [-0.05, 0) is 31.2 Å². The zero-order valence-corrected chi connectivity index (χ0v) is 13.1. The molecule has 0 unspecified atom stereocenters. The summed E-state index contributed by atoms with van der Waals surface area (Å²) in [4.78, 5) is 17.6. The Morgan fingerprint density at radius 3 is 2.55 bits per heavy atom. The number of para-hydroxylation sites is 2. The minimum Gasteiger partial charge on any atom is -0.268 e. The van der Waals surface area contributed by atoms with Crippen LogP contribution in [0.2, 0.25) is 0 Å². The lowest BCUT2D eigenvalue weighted by Gasteiger charge is -2.13. The van der Waals surface area contributed by atoms with Crippen LogP contribution in [-0.2, 0) is 0 Å². The van der Waals surface area contributed by atoms with Gasteiger partial charge in [-0.1, -0.05) is 54.2 Å². The monoisotopic (exact) mass is 308 g/mol. The molecule has 0 aliphatic rings. The van der Waals surface area contributed by atoms with Crippen LogP contribution in [0.4, 0.5) is 0 Å². The minimum absolute atomic E-state index is 0.0407. The molecule has 0 saturated carbocycles. The van der Waals surface area contributed by atoms with E-state index >= 15 is 0 Å². The third-order valence-electron chi connectivity index (χ3n) is 3.21. The van der Waals surface area contributed by atoms with Gasteiger partial charge in [0.2, 0.25) is 0 Å². The molecular formula is C18H16N2OS. The van der Waals surface area contributed by atoms with Gasteiger partial charge in [-0.15, -0.1) is 0 Å². The minimum atomic E-state index is -0.0407. The molecule has 0 spiro atoms. The smallest absolute Gasteiger partial charge is 0.266 e. The summed E-state index contributed by atoms with van der Waals surface area (Å²) in [6.07, 6.45) is 0. The van der Waals surface area contributed by atoms with Crippen LogP contribution in [0.15, 0.2) is 76.7 Å². The Hall–Kier alpha value is -2.33. The number of benzene rings is 2. The van der Waals surface area contributed by atoms with E-state index in [1.807, 2.05) is 61.5 Å². The summed E-state index contributed by atoms with van der Waals surface area (Å²) in [6, 6.07) is 17.1. The van der Waals surface area contributed by atoms with Crippen molar-refractivity contribution in [3.63, 3.8) is 0 Å². The molecule has 4 heteroatoms. The van der Waals surface area contributed by atoms with E-state index < -0.39 is 0 Å². The highest BCUT2D eigenvalue weighted by Gasteiger charge is 2.12. The van der Waals surface area contributed by atoms with Gasteiger partial charge in [-0.2, -0.15) is 0 Å². The quantitative estimate of drug-likeness (QED) is 0.414. The molecule has 0 aliphatic heterocycles. The number of aromatic nitrogens is 2. The van der Waals surface area contributed by atoms with Crippen molar-refractivity contribution in [3.05, 3.63) is 77.1 Å². The molecule has 0 saturated heterocycles. The number of hydrogen-bond donors (Lipinski definition) is 0. The highest BCUT2D eigenvalue weighted by molar-refractivity contribution is 7.99. The topological polar surface area (TPSA) is 34.9 Å². The van der Waals surface area contributed by atoms with Gasteiger partial charge in [0.25, 0.3) is 5.56 Å². The van der Waals surface area contributed by atoms with Crippen LogP contribution in [0, 0.1) is 0 Å². The fraction of sp³-hybridized carbons (Fsp3) is 0.111. The first-order valence-corrected chi connectivity index (χ1v) is 8.00. The predicted octanol–water partition coefficient (Wildman–Crippen LogP) is 4.05. The van der Waals surface area contributed by atoms with Crippen molar-refractivity contribution < 1.29 is 0 Å². The Balaban J connectivity index is 2.26. The van der Waals surface area contributed by atoms with E-state index in [1.165, 1.54) is 11.8 Å². The zero-order chi connectivity index (χ0) is 15.5. The molecule has 0 radical (unpaired) electrons. The molecule has 0 amide bonds. The van der Waals surface area contributed by atoms with Crippen molar-refractivity contribution in [3.8, 4) is 5.69 Å². The summed E-state index contributed by atoms with van der Waals surface area (Å²) in [5.74, 6) is 0.734. The number of fused-ring (bicyclic) bond motifs is 1. The van der Waals surface area contributed by atoms with Crippen molar-refractivity contribution >= 4 is 22.7 Å². The van der Waals surface area contributed by atoms with Crippen LogP contribution >= 0.6 is 11.8 Å². The van der Waals surface area contributed by atoms with E-state index in [4.69, 9.17) is 0 Å². The fourth-order valence-corrected chi connectivity index (χ4v) is 3.06. The normalized spacial score (nSPS) is 10.8. The first kappa shape index (κ1) is 14.6. The van der Waals surface area contributed by atoms with Gasteiger partial charge < -0.3 is 0 Å². The number of hydrogen-bond acceptors (Lipinski definition) is 3. The van der Waals surface area contributed by atoms with Crippen molar-refractivity contribution in [1.29, 1.82) is 0 Å². The lowest BCUT2D eigenvalue weighted by molar-refractivity contribution is 0.820. The van der Waals surface area contributed by atoms with Gasteiger partial charge in [0.15, 0.2) is 5.16 Å². The van der Waals surface area contributed by atoms with Crippen molar-refractivity contribution in [2.75, 3.05) is 5.75 Å². The maximum atomic E-state index is 12.9. The molecule has 0 aliphatic carbocycles. The molecule has 3 rings (SSSR count). The SMILES string of the molecule is C=C(C)CSc1nc2ccccc2c(=O)n1-c1ccccc1. The van der Waals surface area contributed by atoms with Crippen LogP contribution in [0.3, 0.4) is 0 Å². The van der Waals surface area contributed by atoms with E-state index in [0.717, 1.165) is 22.5 Å². The van der Waals surface area contributed by atoms with Crippen LogP contribution in [0.25, 0.3) is 16.6 Å². The molecule has 3 nitrogen and oxygen atoms in total. The Bertz CT molecular complexity index is 884. The van der Waals surface area contributed by atoms with E-state index in [0.29, 0.717) is 10.5 Å². The molecule has 1 heterocycles. The molecule has 0 atom stereocenters. The largest absolute Gasteiger partial charge is 0.268 e. The van der Waals surface area contributed by atoms with Gasteiger partial charge in [0.1, 0.15) is 0 Å². The van der Waals surface area contributed by atoms with Crippen molar-refractivity contribution in [2.24, 2.45) is 0 Å². The molecule has 2 aromatic carbocycles. The first-order chi connectivity index (χ1) is 10.7. The van der Waals surface area contributed by atoms with Gasteiger partial charge in [-0.25, -0.2) is 4.98 Å². The summed E-state index contributed by atoms with van der Waals surface area (Å²) >= 11 is 1.53. The van der Waals surface area contributed by atoms with E-state index in [2.05, 4.69) is 11.6 Å². The third kappa shape index (κ3) is 2.83. The third-order valence-corrected chi connectivity index (χ3v) is 4.38. The highest BCUT2D eigenvalue weighted by Crippen LogP contribution is 2.22. The van der Waals surface area contributed by atoms with Crippen LogP contribution in [-0.4, -0.2) is 15.3 Å². The number of thioether (sulfide) groups is 1. The molecule has 22 heavy (non-hydrogen) atoms. The Morgan fingerprint density at radius 2 is 1.82 bits per heavy atom. The molecule has 110 valence electrons. The predicted molar refractivity (Wildman–Crippen MR) is 92.9 cm³/mol. The van der Waals surface area contributed by atoms with Gasteiger partial charge >= 0.3 is 0 Å². The standard InChI is InChI=1S/C18H16N2OS/c1-13(2)12-22-18-19-16-11-7-6-10-15(16)17(21)20(18)14-8-4-3-5-9-14/h3-11H,1,12H2,2H3. The van der Waals surface area contributed by atoms with E-state index in [1.54, 1.807) is 4.57 Å². The molecule has 0 N–H and O–H groups in total. The molecular weight excluding hydrogens is 292 g/mol. The van der Waals surface area contributed by atoms with Crippen molar-refractivity contribution in [2.45, 2.75) is 12.1 Å². The summed E-state index contributed by atoms with van der Waals surface area (Å²) in [7, 11) is 0. The van der Waals surface area contributed by atoms with Crippen LogP contribution < -0.4 is 5.56 Å². The zero-order valence-electron chi connectivity index (χ0n) is 12.3. The summed E-state index contributed by atoms with van der Waals surface area (Å²) in [5.41, 5.74) is 2.56. The second-order valence-electron chi connectivity index (χ2n) is 5.13. The van der Waals surface area contributed by atoms with Gasteiger partial charge in [-0.3, -0.25) is 9.36 Å². The second-order valence-corrected chi connectivity index (χ2v) is 6.08. The second kappa shape index (κ2) is 6.20. The molecule has 1 aromatic heterocycles. The lowest BCUT2D eigenvalue weighted by atomic mass is 10.2. The molecule has 3 aromatic rings. The summed E-state index contributed by atoms with van der Waals surface area (Å²) in [5, 5.41) is 1.32. The Morgan fingerprint density at radius 1 is 1.14 bits per heavy atom. The van der Waals surface area contributed by atoms with Gasteiger partial charge in [0, 0.05) is 5.75 Å². The average molecular weight is 308 g/mol. The average Bonchev–Trinajstić information content (AvgIpc) is 2.54. The van der Waals surface area contributed by atoms with Crippen LogP contribution in [0.5, 0.6) is 0 Å². The van der Waals surface area contributed by atoms with E-state index in [9.17, 15) is 4.79 Å².